The molecular formula is C35H38O9. The Bertz CT molecular complexity index is 1490. The number of aryl methyl sites for hydroxylation is 4. The molecular weight excluding hydrogens is 564 g/mol. The fourth-order valence-corrected chi connectivity index (χ4v) is 3.57. The first-order valence-corrected chi connectivity index (χ1v) is 13.5. The maximum Gasteiger partial charge on any atom is 0.341 e. The Morgan fingerprint density at radius 3 is 1.61 bits per heavy atom. The number of rotatable bonds is 8. The van der Waals surface area contributed by atoms with Gasteiger partial charge in [-0.05, 0) is 68.1 Å². The molecule has 0 spiro atoms. The van der Waals surface area contributed by atoms with Crippen molar-refractivity contribution < 1.29 is 44.3 Å². The van der Waals surface area contributed by atoms with Crippen molar-refractivity contribution in [2.45, 2.75) is 40.5 Å². The van der Waals surface area contributed by atoms with Gasteiger partial charge in [-0.15, -0.1) is 0 Å². The second-order valence-electron chi connectivity index (χ2n) is 9.67. The Balaban J connectivity index is 0.000000293. The van der Waals surface area contributed by atoms with E-state index in [-0.39, 0.29) is 19.4 Å². The number of ether oxygens (including phenoxy) is 1. The van der Waals surface area contributed by atoms with E-state index in [9.17, 15) is 19.2 Å². The van der Waals surface area contributed by atoms with Crippen LogP contribution in [-0.4, -0.2) is 50.9 Å². The monoisotopic (exact) mass is 602 g/mol. The zero-order valence-electron chi connectivity index (χ0n) is 25.2. The smallest absolute Gasteiger partial charge is 0.341 e. The summed E-state index contributed by atoms with van der Waals surface area (Å²) in [7, 11) is 0. The number of hydrogen-bond acceptors (Lipinski definition) is 5. The molecule has 0 fully saturated rings. The van der Waals surface area contributed by atoms with Crippen LogP contribution in [0.4, 0.5) is 0 Å². The summed E-state index contributed by atoms with van der Waals surface area (Å²) in [5.74, 6) is -2.81. The van der Waals surface area contributed by atoms with Crippen LogP contribution in [0.25, 0.3) is 0 Å². The molecule has 232 valence electrons. The van der Waals surface area contributed by atoms with Gasteiger partial charge in [0.2, 0.25) is 0 Å². The summed E-state index contributed by atoms with van der Waals surface area (Å²) in [4.78, 5) is 41.2. The van der Waals surface area contributed by atoms with E-state index in [2.05, 4.69) is 0 Å². The number of hydrogen-bond donors (Lipinski definition) is 4. The lowest BCUT2D eigenvalue weighted by Gasteiger charge is -2.00. The van der Waals surface area contributed by atoms with Crippen LogP contribution in [0, 0.1) is 27.7 Å². The highest BCUT2D eigenvalue weighted by molar-refractivity contribution is 5.89. The first-order valence-electron chi connectivity index (χ1n) is 13.5. The van der Waals surface area contributed by atoms with Crippen molar-refractivity contribution in [2.24, 2.45) is 0 Å². The molecule has 0 aliphatic rings. The fourth-order valence-electron chi connectivity index (χ4n) is 3.57. The van der Waals surface area contributed by atoms with Crippen LogP contribution in [0.5, 0.6) is 5.75 Å². The van der Waals surface area contributed by atoms with Crippen LogP contribution < -0.4 is 4.74 Å². The molecule has 0 bridgehead atoms. The zero-order valence-corrected chi connectivity index (χ0v) is 25.2. The van der Waals surface area contributed by atoms with Gasteiger partial charge in [0.1, 0.15) is 5.75 Å². The van der Waals surface area contributed by atoms with E-state index >= 15 is 0 Å². The van der Waals surface area contributed by atoms with E-state index < -0.39 is 23.9 Å². The second kappa shape index (κ2) is 19.6. The molecule has 4 N–H and O–H groups in total. The van der Waals surface area contributed by atoms with Gasteiger partial charge >= 0.3 is 23.9 Å². The molecule has 0 aliphatic carbocycles. The van der Waals surface area contributed by atoms with E-state index in [1.807, 2.05) is 81.4 Å². The minimum Gasteiger partial charge on any atom is -0.482 e. The van der Waals surface area contributed by atoms with Gasteiger partial charge in [0.05, 0.1) is 18.4 Å². The van der Waals surface area contributed by atoms with Crippen molar-refractivity contribution in [3.63, 3.8) is 0 Å². The third-order valence-corrected chi connectivity index (χ3v) is 5.80. The van der Waals surface area contributed by atoms with Gasteiger partial charge in [-0.25, -0.2) is 9.59 Å². The van der Waals surface area contributed by atoms with Crippen LogP contribution in [-0.2, 0) is 27.2 Å². The molecule has 9 heteroatoms. The molecule has 0 atom stereocenters. The highest BCUT2D eigenvalue weighted by Crippen LogP contribution is 2.10. The summed E-state index contributed by atoms with van der Waals surface area (Å²) in [6, 6.07) is 29.2. The highest BCUT2D eigenvalue weighted by atomic mass is 16.5. The SMILES string of the molecule is Cc1ccc(C(=O)O)c(C)c1.Cc1ccc(CC(=O)O)cc1.Cc1ccccc1CC(=O)O.O=C(O)COc1ccccc1. The van der Waals surface area contributed by atoms with Gasteiger partial charge in [-0.1, -0.05) is 90.0 Å². The summed E-state index contributed by atoms with van der Waals surface area (Å²) in [6.07, 6.45) is 0.229. The largest absolute Gasteiger partial charge is 0.482 e. The van der Waals surface area contributed by atoms with Crippen LogP contribution in [0.1, 0.15) is 43.7 Å². The number of para-hydroxylation sites is 1. The van der Waals surface area contributed by atoms with Crippen molar-refractivity contribution in [1.29, 1.82) is 0 Å². The highest BCUT2D eigenvalue weighted by Gasteiger charge is 2.05. The summed E-state index contributed by atoms with van der Waals surface area (Å²) in [6.45, 7) is 7.35. The van der Waals surface area contributed by atoms with Crippen LogP contribution in [0.15, 0.2) is 97.1 Å². The first kappa shape index (κ1) is 36.6. The number of carboxylic acids is 4. The second-order valence-corrected chi connectivity index (χ2v) is 9.67. The Hall–Kier alpha value is -5.44. The van der Waals surface area contributed by atoms with Crippen molar-refractivity contribution in [3.8, 4) is 5.75 Å². The third-order valence-electron chi connectivity index (χ3n) is 5.80. The van der Waals surface area contributed by atoms with Gasteiger partial charge < -0.3 is 25.2 Å². The molecule has 0 aromatic heterocycles. The Morgan fingerprint density at radius 1 is 0.568 bits per heavy atom. The molecule has 9 nitrogen and oxygen atoms in total. The minimum absolute atomic E-state index is 0.111. The molecule has 4 rings (SSSR count). The molecule has 44 heavy (non-hydrogen) atoms. The molecule has 0 heterocycles. The summed E-state index contributed by atoms with van der Waals surface area (Å²) < 4.78 is 4.87. The lowest BCUT2D eigenvalue weighted by molar-refractivity contribution is -0.139. The Morgan fingerprint density at radius 2 is 1.11 bits per heavy atom. The molecule has 4 aromatic rings. The van der Waals surface area contributed by atoms with Crippen molar-refractivity contribution in [3.05, 3.63) is 136 Å². The van der Waals surface area contributed by atoms with Gasteiger partial charge in [-0.3, -0.25) is 9.59 Å². The third kappa shape index (κ3) is 16.1. The molecule has 0 saturated heterocycles. The van der Waals surface area contributed by atoms with Crippen LogP contribution in [0.2, 0.25) is 0 Å². The topological polar surface area (TPSA) is 158 Å². The van der Waals surface area contributed by atoms with E-state index in [1.54, 1.807) is 43.3 Å². The number of benzene rings is 4. The molecule has 0 radical (unpaired) electrons. The van der Waals surface area contributed by atoms with Crippen molar-refractivity contribution in [2.75, 3.05) is 6.61 Å². The molecule has 0 saturated carbocycles. The Labute approximate surface area is 257 Å². The average molecular weight is 603 g/mol. The Kier molecular flexibility index (Phi) is 16.3. The van der Waals surface area contributed by atoms with E-state index in [0.29, 0.717) is 11.3 Å². The van der Waals surface area contributed by atoms with Gasteiger partial charge in [0, 0.05) is 0 Å². The predicted octanol–water partition coefficient (Wildman–Crippen LogP) is 6.40. The number of carbonyl (C=O) groups is 4. The van der Waals surface area contributed by atoms with Gasteiger partial charge in [-0.2, -0.15) is 0 Å². The van der Waals surface area contributed by atoms with Gasteiger partial charge in [0.25, 0.3) is 0 Å². The summed E-state index contributed by atoms with van der Waals surface area (Å²) >= 11 is 0. The molecule has 0 amide bonds. The molecule has 0 unspecified atom stereocenters. The lowest BCUT2D eigenvalue weighted by atomic mass is 10.1. The summed E-state index contributed by atoms with van der Waals surface area (Å²) in [5.41, 5.74) is 6.22. The predicted molar refractivity (Wildman–Crippen MR) is 167 cm³/mol. The fraction of sp³-hybridized carbons (Fsp3) is 0.200. The first-order chi connectivity index (χ1) is 20.8. The van der Waals surface area contributed by atoms with E-state index in [4.69, 9.17) is 25.2 Å². The minimum atomic E-state index is -0.964. The number of aliphatic carboxylic acids is 3. The zero-order chi connectivity index (χ0) is 33.1. The summed E-state index contributed by atoms with van der Waals surface area (Å²) in [5, 5.41) is 33.8. The van der Waals surface area contributed by atoms with Crippen LogP contribution in [0.3, 0.4) is 0 Å². The average Bonchev–Trinajstić information content (AvgIpc) is 2.95. The van der Waals surface area contributed by atoms with Crippen LogP contribution >= 0.6 is 0 Å². The van der Waals surface area contributed by atoms with E-state index in [0.717, 1.165) is 33.4 Å². The maximum absolute atomic E-state index is 10.5. The standard InChI is InChI=1S/3C9H10O2.C8H8O3/c1-6-3-4-8(9(10)11)7(2)5-6;1-7-2-4-8(5-3-7)6-9(10)11;1-7-4-2-3-5-8(7)6-9(10)11;9-8(10)6-11-7-4-2-1-3-5-7/h3-5H,1-2H3,(H,10,11);2*2-5H,6H2,1H3,(H,10,11);1-5H,6H2,(H,9,10). The van der Waals surface area contributed by atoms with Gasteiger partial charge in [0.15, 0.2) is 6.61 Å². The normalized spacial score (nSPS) is 9.45. The molecule has 4 aromatic carbocycles. The quantitative estimate of drug-likeness (QED) is 0.179. The molecule has 0 aliphatic heterocycles. The van der Waals surface area contributed by atoms with Crippen molar-refractivity contribution >= 4 is 23.9 Å². The van der Waals surface area contributed by atoms with Crippen molar-refractivity contribution in [1.82, 2.24) is 0 Å². The maximum atomic E-state index is 10.5. The van der Waals surface area contributed by atoms with E-state index in [1.165, 1.54) is 0 Å². The lowest BCUT2D eigenvalue weighted by Crippen LogP contribution is -2.09. The number of aromatic carboxylic acids is 1. The number of carboxylic acid groups (broad SMARTS) is 4.